The first kappa shape index (κ1) is 67.9. The van der Waals surface area contributed by atoms with E-state index in [1.807, 2.05) is 18.2 Å². The summed E-state index contributed by atoms with van der Waals surface area (Å²) < 4.78 is 17.5. The molecule has 11 nitrogen and oxygen atoms in total. The molecule has 0 saturated carbocycles. The molecule has 0 aliphatic carbocycles. The van der Waals surface area contributed by atoms with Crippen LogP contribution in [0.2, 0.25) is 0 Å². The molecule has 73 heavy (non-hydrogen) atoms. The van der Waals surface area contributed by atoms with Crippen LogP contribution in [0, 0.1) is 0 Å². The van der Waals surface area contributed by atoms with Crippen LogP contribution in [0.1, 0.15) is 233 Å². The molecule has 11 heteroatoms. The average molecular weight is 1030 g/mol. The standard InChI is InChI=1S/C62H107NO10/c1-4-7-10-13-16-19-22-25-27-29-31-34-37-40-43-46-49-55(66)61(70)63-53(54(65)48-45-42-39-36-33-30-24-21-18-15-12-9-6-3)52-71-62-60(59(69)58(68)56(51-64)72-62)73-57(67)50-47-44-41-38-35-32-28-26-23-20-17-14-11-8-5-2/h16-17,19-20,23,25-27,31,34,40,43,45,48,53-56,58-60,62,64-66,68-69H,4-15,18,21-22,24,28-30,32-33,35-39,41-42,44,46-47,49-52H2,1-3H3,(H,63,70)/b19-16-,20-17+,26-23+,27-25-,34-31-,43-40-,48-45+. The molecule has 1 rings (SSSR count). The molecular formula is C62H107NO10. The highest BCUT2D eigenvalue weighted by atomic mass is 16.7. The number of amides is 1. The zero-order chi connectivity index (χ0) is 53.3. The van der Waals surface area contributed by atoms with Gasteiger partial charge in [-0.25, -0.2) is 0 Å². The van der Waals surface area contributed by atoms with Crippen molar-refractivity contribution in [3.63, 3.8) is 0 Å². The third kappa shape index (κ3) is 38.1. The lowest BCUT2D eigenvalue weighted by Gasteiger charge is -2.41. The molecule has 0 aromatic rings. The fraction of sp³-hybridized carbons (Fsp3) is 0.742. The molecule has 1 amide bonds. The molecule has 1 aliphatic heterocycles. The van der Waals surface area contributed by atoms with Crippen LogP contribution in [0.25, 0.3) is 0 Å². The van der Waals surface area contributed by atoms with E-state index in [1.54, 1.807) is 6.08 Å². The number of unbranched alkanes of at least 4 members (excludes halogenated alkanes) is 23. The summed E-state index contributed by atoms with van der Waals surface area (Å²) in [6.07, 6.45) is 53.4. The van der Waals surface area contributed by atoms with Crippen LogP contribution < -0.4 is 5.32 Å². The highest BCUT2D eigenvalue weighted by Crippen LogP contribution is 2.26. The number of allylic oxidation sites excluding steroid dienone is 13. The van der Waals surface area contributed by atoms with E-state index in [-0.39, 0.29) is 19.4 Å². The largest absolute Gasteiger partial charge is 0.454 e. The monoisotopic (exact) mass is 1030 g/mol. The maximum absolute atomic E-state index is 13.4. The highest BCUT2D eigenvalue weighted by Gasteiger charge is 2.47. The number of esters is 1. The van der Waals surface area contributed by atoms with Gasteiger partial charge in [-0.2, -0.15) is 0 Å². The quantitative estimate of drug-likeness (QED) is 0.0149. The van der Waals surface area contributed by atoms with Crippen LogP contribution in [-0.4, -0.2) is 99.6 Å². The van der Waals surface area contributed by atoms with Crippen molar-refractivity contribution in [1.82, 2.24) is 5.32 Å². The van der Waals surface area contributed by atoms with E-state index in [9.17, 15) is 35.1 Å². The molecule has 6 N–H and O–H groups in total. The summed E-state index contributed by atoms with van der Waals surface area (Å²) in [7, 11) is 0. The zero-order valence-electron chi connectivity index (χ0n) is 46.2. The maximum atomic E-state index is 13.4. The Morgan fingerprint density at radius 3 is 1.52 bits per heavy atom. The molecule has 1 fully saturated rings. The molecule has 8 unspecified atom stereocenters. The second-order valence-electron chi connectivity index (χ2n) is 20.0. The number of carbonyl (C=O) groups excluding carboxylic acids is 2. The minimum Gasteiger partial charge on any atom is -0.454 e. The summed E-state index contributed by atoms with van der Waals surface area (Å²) in [5, 5.41) is 56.8. The Morgan fingerprint density at radius 1 is 0.548 bits per heavy atom. The lowest BCUT2D eigenvalue weighted by molar-refractivity contribution is -0.305. The van der Waals surface area contributed by atoms with Crippen molar-refractivity contribution in [2.24, 2.45) is 0 Å². The van der Waals surface area contributed by atoms with Crippen molar-refractivity contribution in [2.45, 2.75) is 282 Å². The van der Waals surface area contributed by atoms with Crippen LogP contribution in [0.4, 0.5) is 0 Å². The number of carbonyl (C=O) groups is 2. The Bertz CT molecular complexity index is 1510. The average Bonchev–Trinajstić information content (AvgIpc) is 3.39. The predicted molar refractivity (Wildman–Crippen MR) is 301 cm³/mol. The van der Waals surface area contributed by atoms with Crippen LogP contribution in [0.5, 0.6) is 0 Å². The van der Waals surface area contributed by atoms with Gasteiger partial charge in [-0.3, -0.25) is 9.59 Å². The van der Waals surface area contributed by atoms with Gasteiger partial charge in [0, 0.05) is 6.42 Å². The Balaban J connectivity index is 2.79. The molecule has 1 heterocycles. The van der Waals surface area contributed by atoms with Gasteiger partial charge in [-0.1, -0.05) is 221 Å². The van der Waals surface area contributed by atoms with E-state index in [0.717, 1.165) is 96.3 Å². The third-order valence-corrected chi connectivity index (χ3v) is 13.3. The van der Waals surface area contributed by atoms with Crippen molar-refractivity contribution in [1.29, 1.82) is 0 Å². The van der Waals surface area contributed by atoms with Crippen molar-refractivity contribution in [2.75, 3.05) is 13.2 Å². The topological polar surface area (TPSA) is 175 Å². The lowest BCUT2D eigenvalue weighted by atomic mass is 9.99. The Morgan fingerprint density at radius 2 is 0.986 bits per heavy atom. The third-order valence-electron chi connectivity index (χ3n) is 13.3. The van der Waals surface area contributed by atoms with Gasteiger partial charge < -0.3 is 45.1 Å². The number of rotatable bonds is 48. The highest BCUT2D eigenvalue weighted by molar-refractivity contribution is 5.80. The van der Waals surface area contributed by atoms with E-state index in [4.69, 9.17) is 14.2 Å². The minimum absolute atomic E-state index is 0.100. The first-order valence-electron chi connectivity index (χ1n) is 29.4. The second kappa shape index (κ2) is 49.7. The molecule has 0 aromatic carbocycles. The molecule has 420 valence electrons. The molecule has 8 atom stereocenters. The Labute approximate surface area is 444 Å². The molecule has 0 spiro atoms. The van der Waals surface area contributed by atoms with Gasteiger partial charge in [-0.05, 0) is 89.9 Å². The van der Waals surface area contributed by atoms with Crippen molar-refractivity contribution in [3.8, 4) is 0 Å². The summed E-state index contributed by atoms with van der Waals surface area (Å²) in [5.74, 6) is -1.27. The van der Waals surface area contributed by atoms with Crippen LogP contribution in [-0.2, 0) is 23.8 Å². The van der Waals surface area contributed by atoms with Gasteiger partial charge in [0.15, 0.2) is 12.4 Å². The number of hydrogen-bond donors (Lipinski definition) is 6. The SMILES string of the molecule is CCCCC/C=C\C/C=C\C/C=C\C/C=C\CCC(O)C(=O)NC(COC1OC(CO)C(O)C(O)C1OC(=O)CCCCCCCC/C=C/C=C/CCCCC)C(O)/C=C/CCCCCCCCCCCCC. The minimum atomic E-state index is -1.63. The van der Waals surface area contributed by atoms with Crippen molar-refractivity contribution < 1.29 is 49.3 Å². The number of nitrogens with one attached hydrogen (secondary N) is 1. The fourth-order valence-electron chi connectivity index (χ4n) is 8.57. The molecule has 1 aliphatic rings. The van der Waals surface area contributed by atoms with Crippen molar-refractivity contribution >= 4 is 11.9 Å². The van der Waals surface area contributed by atoms with Crippen LogP contribution in [0.3, 0.4) is 0 Å². The van der Waals surface area contributed by atoms with Gasteiger partial charge in [0.2, 0.25) is 5.91 Å². The van der Waals surface area contributed by atoms with Crippen LogP contribution >= 0.6 is 0 Å². The van der Waals surface area contributed by atoms with E-state index >= 15 is 0 Å². The number of aliphatic hydroxyl groups excluding tert-OH is 5. The van der Waals surface area contributed by atoms with Gasteiger partial charge in [-0.15, -0.1) is 0 Å². The van der Waals surface area contributed by atoms with Gasteiger partial charge in [0.1, 0.15) is 24.4 Å². The lowest BCUT2D eigenvalue weighted by Crippen LogP contribution is -2.61. The zero-order valence-corrected chi connectivity index (χ0v) is 46.2. The van der Waals surface area contributed by atoms with E-state index in [2.05, 4.69) is 86.8 Å². The molecule has 0 bridgehead atoms. The summed E-state index contributed by atoms with van der Waals surface area (Å²) in [4.78, 5) is 26.5. The number of hydrogen-bond acceptors (Lipinski definition) is 10. The summed E-state index contributed by atoms with van der Waals surface area (Å²) >= 11 is 0. The fourth-order valence-corrected chi connectivity index (χ4v) is 8.57. The Hall–Kier alpha value is -3.16. The van der Waals surface area contributed by atoms with E-state index < -0.39 is 67.4 Å². The molecular weight excluding hydrogens is 919 g/mol. The van der Waals surface area contributed by atoms with E-state index in [1.165, 1.54) is 89.9 Å². The van der Waals surface area contributed by atoms with Gasteiger partial charge in [0.05, 0.1) is 25.4 Å². The first-order chi connectivity index (χ1) is 35.7. The number of ether oxygens (including phenoxy) is 3. The molecule has 0 aromatic heterocycles. The van der Waals surface area contributed by atoms with E-state index in [0.29, 0.717) is 12.8 Å². The van der Waals surface area contributed by atoms with Gasteiger partial charge in [0.25, 0.3) is 0 Å². The summed E-state index contributed by atoms with van der Waals surface area (Å²) in [6, 6.07) is -1.06. The second-order valence-corrected chi connectivity index (χ2v) is 20.0. The molecule has 0 radical (unpaired) electrons. The number of aliphatic hydroxyl groups is 5. The Kier molecular flexibility index (Phi) is 46.2. The first-order valence-corrected chi connectivity index (χ1v) is 29.4. The van der Waals surface area contributed by atoms with Crippen LogP contribution in [0.15, 0.2) is 85.1 Å². The van der Waals surface area contributed by atoms with Crippen molar-refractivity contribution in [3.05, 3.63) is 85.1 Å². The normalized spacial score (nSPS) is 20.0. The van der Waals surface area contributed by atoms with Gasteiger partial charge >= 0.3 is 5.97 Å². The summed E-state index contributed by atoms with van der Waals surface area (Å²) in [5.41, 5.74) is 0. The maximum Gasteiger partial charge on any atom is 0.306 e. The molecule has 1 saturated heterocycles. The predicted octanol–water partition coefficient (Wildman–Crippen LogP) is 13.4. The smallest absolute Gasteiger partial charge is 0.306 e. The summed E-state index contributed by atoms with van der Waals surface area (Å²) in [6.45, 7) is 5.67.